The van der Waals surface area contributed by atoms with Crippen LogP contribution in [0.25, 0.3) is 10.9 Å². The monoisotopic (exact) mass is 514 g/mol. The second kappa shape index (κ2) is 9.81. The molecule has 1 aromatic heterocycles. The van der Waals surface area contributed by atoms with Gasteiger partial charge in [0.25, 0.3) is 0 Å². The highest BCUT2D eigenvalue weighted by Crippen LogP contribution is 2.32. The average molecular weight is 516 g/mol. The van der Waals surface area contributed by atoms with E-state index in [9.17, 15) is 4.79 Å². The van der Waals surface area contributed by atoms with Crippen LogP contribution in [0, 0.1) is 0 Å². The number of aromatic nitrogens is 1. The summed E-state index contributed by atoms with van der Waals surface area (Å²) in [6.45, 7) is 0.764. The first-order valence-corrected chi connectivity index (χ1v) is 11.8. The van der Waals surface area contributed by atoms with E-state index in [1.54, 1.807) is 25.3 Å². The van der Waals surface area contributed by atoms with Crippen molar-refractivity contribution in [2.24, 2.45) is 0 Å². The lowest BCUT2D eigenvalue weighted by Gasteiger charge is -2.10. The van der Waals surface area contributed by atoms with Gasteiger partial charge in [-0.3, -0.25) is 4.79 Å². The Hall–Kier alpha value is -2.41. The van der Waals surface area contributed by atoms with Crippen molar-refractivity contribution in [3.63, 3.8) is 0 Å². The zero-order valence-corrected chi connectivity index (χ0v) is 19.9. The largest absolute Gasteiger partial charge is 0.495 e. The van der Waals surface area contributed by atoms with E-state index < -0.39 is 0 Å². The summed E-state index contributed by atoms with van der Waals surface area (Å²) in [6.07, 6.45) is 2.12. The van der Waals surface area contributed by atoms with Crippen molar-refractivity contribution in [2.45, 2.75) is 11.4 Å². The number of halogens is 2. The van der Waals surface area contributed by atoms with Gasteiger partial charge in [-0.2, -0.15) is 0 Å². The number of rotatable bonds is 7. The maximum absolute atomic E-state index is 12.6. The number of carbonyl (C=O) groups excluding carboxylic acids is 1. The summed E-state index contributed by atoms with van der Waals surface area (Å²) in [5.41, 5.74) is 2.93. The molecule has 4 rings (SSSR count). The van der Waals surface area contributed by atoms with Crippen molar-refractivity contribution in [1.29, 1.82) is 0 Å². The molecule has 0 aliphatic heterocycles. The summed E-state index contributed by atoms with van der Waals surface area (Å²) in [4.78, 5) is 13.7. The molecule has 4 aromatic rings. The van der Waals surface area contributed by atoms with Crippen LogP contribution in [0.15, 0.2) is 82.3 Å². The Bertz CT molecular complexity index is 1220. The van der Waals surface area contributed by atoms with E-state index in [1.165, 1.54) is 17.3 Å². The van der Waals surface area contributed by atoms with Crippen LogP contribution in [-0.2, 0) is 11.3 Å². The maximum atomic E-state index is 12.6. The van der Waals surface area contributed by atoms with Gasteiger partial charge in [-0.1, -0.05) is 57.9 Å². The third-order valence-corrected chi connectivity index (χ3v) is 6.62. The van der Waals surface area contributed by atoms with Gasteiger partial charge in [0.2, 0.25) is 5.91 Å². The predicted molar refractivity (Wildman–Crippen MR) is 133 cm³/mol. The SMILES string of the molecule is COc1ccc(Cl)cc1NC(=O)CSc1cn(Cc2ccc(Br)cc2)c2ccccc12. The molecule has 1 N–H and O–H groups in total. The Morgan fingerprint density at radius 3 is 2.68 bits per heavy atom. The highest BCUT2D eigenvalue weighted by molar-refractivity contribution is 9.10. The van der Waals surface area contributed by atoms with Crippen LogP contribution >= 0.6 is 39.3 Å². The molecule has 0 atom stereocenters. The molecular formula is C24H20BrClN2O2S. The maximum Gasteiger partial charge on any atom is 0.234 e. The quantitative estimate of drug-likeness (QED) is 0.274. The van der Waals surface area contributed by atoms with Gasteiger partial charge in [-0.05, 0) is 42.0 Å². The first-order chi connectivity index (χ1) is 15.0. The number of anilines is 1. The van der Waals surface area contributed by atoms with E-state index in [2.05, 4.69) is 56.3 Å². The fourth-order valence-corrected chi connectivity index (χ4v) is 4.68. The summed E-state index contributed by atoms with van der Waals surface area (Å²) in [5.74, 6) is 0.742. The molecule has 31 heavy (non-hydrogen) atoms. The zero-order chi connectivity index (χ0) is 21.8. The molecule has 0 saturated carbocycles. The fourth-order valence-electron chi connectivity index (χ4n) is 3.35. The second-order valence-electron chi connectivity index (χ2n) is 6.95. The van der Waals surface area contributed by atoms with Crippen LogP contribution in [0.4, 0.5) is 5.69 Å². The third-order valence-electron chi connectivity index (χ3n) is 4.81. The van der Waals surface area contributed by atoms with E-state index in [1.807, 2.05) is 24.3 Å². The first-order valence-electron chi connectivity index (χ1n) is 9.62. The molecule has 1 amide bonds. The van der Waals surface area contributed by atoms with Crippen LogP contribution in [0.3, 0.4) is 0 Å². The summed E-state index contributed by atoms with van der Waals surface area (Å²) < 4.78 is 8.59. The summed E-state index contributed by atoms with van der Waals surface area (Å²) in [7, 11) is 1.56. The minimum absolute atomic E-state index is 0.115. The molecular weight excluding hydrogens is 496 g/mol. The van der Waals surface area contributed by atoms with Crippen LogP contribution in [0.5, 0.6) is 5.75 Å². The molecule has 3 aromatic carbocycles. The highest BCUT2D eigenvalue weighted by Gasteiger charge is 2.13. The van der Waals surface area contributed by atoms with Gasteiger partial charge < -0.3 is 14.6 Å². The molecule has 0 aliphatic rings. The Balaban J connectivity index is 1.50. The van der Waals surface area contributed by atoms with Gasteiger partial charge in [0.1, 0.15) is 5.75 Å². The normalized spacial score (nSPS) is 10.9. The predicted octanol–water partition coefficient (Wildman–Crippen LogP) is 6.84. The van der Waals surface area contributed by atoms with Crippen LogP contribution in [0.2, 0.25) is 5.02 Å². The minimum atomic E-state index is -0.115. The molecule has 0 spiro atoms. The number of nitrogens with one attached hydrogen (secondary N) is 1. The average Bonchev–Trinajstić information content (AvgIpc) is 3.12. The van der Waals surface area contributed by atoms with Crippen LogP contribution in [0.1, 0.15) is 5.56 Å². The molecule has 0 unspecified atom stereocenters. The number of ether oxygens (including phenoxy) is 1. The molecule has 0 saturated heterocycles. The van der Waals surface area contributed by atoms with E-state index in [4.69, 9.17) is 16.3 Å². The van der Waals surface area contributed by atoms with E-state index in [0.717, 1.165) is 26.8 Å². The topological polar surface area (TPSA) is 43.3 Å². The Morgan fingerprint density at radius 2 is 1.90 bits per heavy atom. The van der Waals surface area contributed by atoms with E-state index in [-0.39, 0.29) is 11.7 Å². The van der Waals surface area contributed by atoms with Gasteiger partial charge in [0, 0.05) is 38.0 Å². The van der Waals surface area contributed by atoms with Gasteiger partial charge >= 0.3 is 0 Å². The minimum Gasteiger partial charge on any atom is -0.495 e. The smallest absolute Gasteiger partial charge is 0.234 e. The number of para-hydroxylation sites is 1. The number of benzene rings is 3. The first kappa shape index (κ1) is 21.8. The molecule has 7 heteroatoms. The van der Waals surface area contributed by atoms with Crippen molar-refractivity contribution in [3.8, 4) is 5.75 Å². The van der Waals surface area contributed by atoms with Gasteiger partial charge in [-0.15, -0.1) is 11.8 Å². The number of carbonyl (C=O) groups is 1. The van der Waals surface area contributed by atoms with Crippen molar-refractivity contribution < 1.29 is 9.53 Å². The van der Waals surface area contributed by atoms with Crippen molar-refractivity contribution >= 4 is 61.8 Å². The lowest BCUT2D eigenvalue weighted by atomic mass is 10.2. The van der Waals surface area contributed by atoms with E-state index in [0.29, 0.717) is 16.5 Å². The van der Waals surface area contributed by atoms with Gasteiger partial charge in [-0.25, -0.2) is 0 Å². The lowest BCUT2D eigenvalue weighted by Crippen LogP contribution is -2.14. The molecule has 0 aliphatic carbocycles. The van der Waals surface area contributed by atoms with Crippen molar-refractivity contribution in [1.82, 2.24) is 4.57 Å². The summed E-state index contributed by atoms with van der Waals surface area (Å²) >= 11 is 11.1. The van der Waals surface area contributed by atoms with Crippen molar-refractivity contribution in [3.05, 3.63) is 88.0 Å². The van der Waals surface area contributed by atoms with Crippen LogP contribution in [-0.4, -0.2) is 23.3 Å². The zero-order valence-electron chi connectivity index (χ0n) is 16.8. The second-order valence-corrected chi connectivity index (χ2v) is 9.32. The number of thioether (sulfide) groups is 1. The van der Waals surface area contributed by atoms with E-state index >= 15 is 0 Å². The Morgan fingerprint density at radius 1 is 1.13 bits per heavy atom. The van der Waals surface area contributed by atoms with Crippen molar-refractivity contribution in [2.75, 3.05) is 18.2 Å². The number of methoxy groups -OCH3 is 1. The number of amides is 1. The lowest BCUT2D eigenvalue weighted by molar-refractivity contribution is -0.113. The summed E-state index contributed by atoms with van der Waals surface area (Å²) in [6, 6.07) is 21.7. The standard InChI is InChI=1S/C24H20BrClN2O2S/c1-30-22-11-10-18(26)12-20(22)27-24(29)15-31-23-14-28(21-5-3-2-4-19(21)23)13-16-6-8-17(25)9-7-16/h2-12,14H,13,15H2,1H3,(H,27,29). The molecule has 0 radical (unpaired) electrons. The van der Waals surface area contributed by atoms with Gasteiger partial charge in [0.15, 0.2) is 0 Å². The van der Waals surface area contributed by atoms with Gasteiger partial charge in [0.05, 0.1) is 18.6 Å². The fraction of sp³-hybridized carbons (Fsp3) is 0.125. The number of fused-ring (bicyclic) bond motifs is 1. The van der Waals surface area contributed by atoms with Crippen LogP contribution < -0.4 is 10.1 Å². The third kappa shape index (κ3) is 5.26. The number of hydrogen-bond donors (Lipinski definition) is 1. The highest BCUT2D eigenvalue weighted by atomic mass is 79.9. The Kier molecular flexibility index (Phi) is 6.90. The Labute approximate surface area is 198 Å². The summed E-state index contributed by atoms with van der Waals surface area (Å²) in [5, 5.41) is 4.57. The molecule has 4 nitrogen and oxygen atoms in total. The molecule has 0 bridgehead atoms. The number of hydrogen-bond acceptors (Lipinski definition) is 3. The molecule has 0 fully saturated rings. The molecule has 1 heterocycles. The number of nitrogens with zero attached hydrogens (tertiary/aromatic N) is 1. The molecule has 158 valence electrons.